The fourth-order valence-electron chi connectivity index (χ4n) is 2.59. The van der Waals surface area contributed by atoms with E-state index in [1.54, 1.807) is 12.1 Å². The first-order chi connectivity index (χ1) is 9.52. The number of hydrogen-bond donors (Lipinski definition) is 0. The summed E-state index contributed by atoms with van der Waals surface area (Å²) in [5.74, 6) is 0. The van der Waals surface area contributed by atoms with Crippen LogP contribution in [0.4, 0.5) is 5.69 Å². The van der Waals surface area contributed by atoms with Gasteiger partial charge in [-0.3, -0.25) is 0 Å². The van der Waals surface area contributed by atoms with Gasteiger partial charge in [-0.2, -0.15) is 0 Å². The van der Waals surface area contributed by atoms with Gasteiger partial charge in [0.15, 0.2) is 9.84 Å². The molecule has 1 heterocycles. The lowest BCUT2D eigenvalue weighted by molar-refractivity contribution is 0.313. The number of sulfone groups is 1. The average molecular weight is 361 g/mol. The second-order valence-electron chi connectivity index (χ2n) is 5.11. The van der Waals surface area contributed by atoms with Gasteiger partial charge in [0.25, 0.3) is 0 Å². The molecule has 6 heteroatoms. The number of hydrogen-bond acceptors (Lipinski definition) is 4. The summed E-state index contributed by atoms with van der Waals surface area (Å²) in [6, 6.07) is 7.31. The molecule has 0 unspecified atom stereocenters. The van der Waals surface area contributed by atoms with Gasteiger partial charge in [-0.25, -0.2) is 8.42 Å². The van der Waals surface area contributed by atoms with E-state index in [1.807, 2.05) is 12.1 Å². The predicted molar refractivity (Wildman–Crippen MR) is 86.6 cm³/mol. The first kappa shape index (κ1) is 15.8. The number of anilines is 1. The third kappa shape index (κ3) is 3.96. The highest BCUT2D eigenvalue weighted by Crippen LogP contribution is 2.25. The van der Waals surface area contributed by atoms with Crippen molar-refractivity contribution in [1.82, 2.24) is 4.90 Å². The van der Waals surface area contributed by atoms with E-state index in [2.05, 4.69) is 25.7 Å². The maximum Gasteiger partial charge on any atom is 0.177 e. The molecule has 0 amide bonds. The largest absolute Gasteiger partial charge is 0.369 e. The fourth-order valence-corrected chi connectivity index (χ4v) is 3.99. The number of nitrogens with zero attached hydrogens (tertiary/aromatic N) is 2. The van der Waals surface area contributed by atoms with E-state index in [0.717, 1.165) is 50.2 Å². The van der Waals surface area contributed by atoms with Crippen LogP contribution in [0.1, 0.15) is 6.42 Å². The van der Waals surface area contributed by atoms with E-state index in [0.29, 0.717) is 4.90 Å². The van der Waals surface area contributed by atoms with Gasteiger partial charge in [0.05, 0.1) is 10.6 Å². The predicted octanol–water partition coefficient (Wildman–Crippen LogP) is 2.00. The molecule has 1 aromatic carbocycles. The van der Waals surface area contributed by atoms with Gasteiger partial charge in [-0.05, 0) is 25.1 Å². The van der Waals surface area contributed by atoms with Crippen molar-refractivity contribution in [3.05, 3.63) is 24.3 Å². The van der Waals surface area contributed by atoms with Crippen LogP contribution in [0, 0.1) is 0 Å². The Kier molecular flexibility index (Phi) is 5.46. The topological polar surface area (TPSA) is 40.6 Å². The second kappa shape index (κ2) is 6.91. The van der Waals surface area contributed by atoms with Crippen molar-refractivity contribution in [2.45, 2.75) is 11.3 Å². The maximum absolute atomic E-state index is 11.9. The van der Waals surface area contributed by atoms with E-state index in [9.17, 15) is 8.42 Å². The number of halogens is 1. The molecule has 0 N–H and O–H groups in total. The van der Waals surface area contributed by atoms with Crippen molar-refractivity contribution in [2.24, 2.45) is 0 Å². The van der Waals surface area contributed by atoms with Crippen molar-refractivity contribution in [1.29, 1.82) is 0 Å². The van der Waals surface area contributed by atoms with Gasteiger partial charge < -0.3 is 9.80 Å². The highest BCUT2D eigenvalue weighted by Gasteiger charge is 2.20. The summed E-state index contributed by atoms with van der Waals surface area (Å²) in [5.41, 5.74) is 0.843. The first-order valence-corrected chi connectivity index (χ1v) is 9.86. The smallest absolute Gasteiger partial charge is 0.177 e. The standard InChI is InChI=1S/C14H21BrN2O2S/c1-20(18,19)14-6-3-2-5-13(14)17-9-4-8-16(10-7-15)11-12-17/h2-3,5-6H,4,7-12H2,1H3. The second-order valence-corrected chi connectivity index (χ2v) is 7.89. The number of alkyl halides is 1. The van der Waals surface area contributed by atoms with Crippen LogP contribution in [0.5, 0.6) is 0 Å². The van der Waals surface area contributed by atoms with E-state index in [4.69, 9.17) is 0 Å². The Morgan fingerprint density at radius 2 is 1.90 bits per heavy atom. The summed E-state index contributed by atoms with van der Waals surface area (Å²) < 4.78 is 23.8. The minimum atomic E-state index is -3.18. The van der Waals surface area contributed by atoms with Gasteiger partial charge in [0.1, 0.15) is 0 Å². The molecule has 1 fully saturated rings. The highest BCUT2D eigenvalue weighted by atomic mass is 79.9. The van der Waals surface area contributed by atoms with Crippen molar-refractivity contribution in [3.63, 3.8) is 0 Å². The molecule has 0 bridgehead atoms. The van der Waals surface area contributed by atoms with E-state index >= 15 is 0 Å². The molecular weight excluding hydrogens is 340 g/mol. The van der Waals surface area contributed by atoms with E-state index in [-0.39, 0.29) is 0 Å². The Morgan fingerprint density at radius 3 is 2.60 bits per heavy atom. The van der Waals surface area contributed by atoms with Crippen LogP contribution in [0.15, 0.2) is 29.2 Å². The molecule has 1 saturated heterocycles. The Morgan fingerprint density at radius 1 is 1.15 bits per heavy atom. The van der Waals surface area contributed by atoms with Crippen LogP contribution in [0.25, 0.3) is 0 Å². The summed E-state index contributed by atoms with van der Waals surface area (Å²) in [5, 5.41) is 0.979. The van der Waals surface area contributed by atoms with Crippen molar-refractivity contribution in [3.8, 4) is 0 Å². The molecule has 0 radical (unpaired) electrons. The molecule has 0 spiro atoms. The Balaban J connectivity index is 2.20. The summed E-state index contributed by atoms with van der Waals surface area (Å²) in [4.78, 5) is 5.05. The Hall–Kier alpha value is -0.590. The van der Waals surface area contributed by atoms with Gasteiger partial charge in [0.2, 0.25) is 0 Å². The number of benzene rings is 1. The molecule has 1 aromatic rings. The molecule has 112 valence electrons. The fraction of sp³-hybridized carbons (Fsp3) is 0.571. The zero-order valence-corrected chi connectivity index (χ0v) is 14.2. The summed E-state index contributed by atoms with van der Waals surface area (Å²) in [6.45, 7) is 4.87. The number of para-hydroxylation sites is 1. The summed E-state index contributed by atoms with van der Waals surface area (Å²) in [6.07, 6.45) is 2.34. The average Bonchev–Trinajstić information content (AvgIpc) is 2.64. The summed E-state index contributed by atoms with van der Waals surface area (Å²) in [7, 11) is -3.18. The van der Waals surface area contributed by atoms with Gasteiger partial charge in [-0.15, -0.1) is 0 Å². The van der Waals surface area contributed by atoms with Crippen molar-refractivity contribution >= 4 is 31.5 Å². The lowest BCUT2D eigenvalue weighted by atomic mass is 10.2. The van der Waals surface area contributed by atoms with Crippen LogP contribution < -0.4 is 4.90 Å². The monoisotopic (exact) mass is 360 g/mol. The van der Waals surface area contributed by atoms with Gasteiger partial charge >= 0.3 is 0 Å². The molecule has 20 heavy (non-hydrogen) atoms. The van der Waals surface area contributed by atoms with Crippen LogP contribution in [0.2, 0.25) is 0 Å². The Bertz CT molecular complexity index is 548. The molecular formula is C14H21BrN2O2S. The summed E-state index contributed by atoms with van der Waals surface area (Å²) >= 11 is 3.47. The van der Waals surface area contributed by atoms with Crippen LogP contribution in [0.3, 0.4) is 0 Å². The SMILES string of the molecule is CS(=O)(=O)c1ccccc1N1CCCN(CCBr)CC1. The van der Waals surface area contributed by atoms with Crippen molar-refractivity contribution in [2.75, 3.05) is 49.2 Å². The normalized spacial score (nSPS) is 18.0. The zero-order chi connectivity index (χ0) is 14.6. The molecule has 2 rings (SSSR count). The first-order valence-electron chi connectivity index (χ1n) is 6.85. The molecule has 0 aromatic heterocycles. The quantitative estimate of drug-likeness (QED) is 0.770. The molecule has 0 aliphatic carbocycles. The lowest BCUT2D eigenvalue weighted by Crippen LogP contribution is -2.32. The van der Waals surface area contributed by atoms with Crippen LogP contribution in [-0.4, -0.2) is 57.6 Å². The third-order valence-corrected chi connectivity index (χ3v) is 5.09. The molecule has 0 atom stereocenters. The van der Waals surface area contributed by atoms with E-state index < -0.39 is 9.84 Å². The minimum absolute atomic E-state index is 0.439. The third-order valence-electron chi connectivity index (χ3n) is 3.59. The molecule has 1 aliphatic heterocycles. The molecule has 4 nitrogen and oxygen atoms in total. The lowest BCUT2D eigenvalue weighted by Gasteiger charge is -2.25. The van der Waals surface area contributed by atoms with Crippen LogP contribution >= 0.6 is 15.9 Å². The van der Waals surface area contributed by atoms with Gasteiger partial charge in [-0.1, -0.05) is 28.1 Å². The van der Waals surface area contributed by atoms with Crippen molar-refractivity contribution < 1.29 is 8.42 Å². The van der Waals surface area contributed by atoms with Gasteiger partial charge in [0, 0.05) is 37.8 Å². The minimum Gasteiger partial charge on any atom is -0.369 e. The Labute approximate surface area is 129 Å². The van der Waals surface area contributed by atoms with Crippen LogP contribution in [-0.2, 0) is 9.84 Å². The maximum atomic E-state index is 11.9. The van der Waals surface area contributed by atoms with E-state index in [1.165, 1.54) is 6.26 Å². The zero-order valence-electron chi connectivity index (χ0n) is 11.8. The highest BCUT2D eigenvalue weighted by molar-refractivity contribution is 9.09. The molecule has 0 saturated carbocycles. The molecule has 1 aliphatic rings. The number of rotatable bonds is 4.